The minimum Gasteiger partial charge on any atom is -0.372 e. The summed E-state index contributed by atoms with van der Waals surface area (Å²) in [5, 5.41) is 15.9. The summed E-state index contributed by atoms with van der Waals surface area (Å²) in [6.45, 7) is 11.9. The molecule has 0 aromatic heterocycles. The Hall–Kier alpha value is -3.70. The molecule has 4 rings (SSSR count). The van der Waals surface area contributed by atoms with Gasteiger partial charge in [0.1, 0.15) is 0 Å². The number of aliphatic hydroxyl groups is 1. The molecule has 1 aliphatic rings. The van der Waals surface area contributed by atoms with Gasteiger partial charge in [0.2, 0.25) is 0 Å². The van der Waals surface area contributed by atoms with Gasteiger partial charge in [-0.15, -0.1) is 0 Å². The Morgan fingerprint density at radius 1 is 1.03 bits per heavy atom. The predicted molar refractivity (Wildman–Crippen MR) is 148 cm³/mol. The molecule has 0 fully saturated rings. The molecule has 0 atom stereocenters. The third-order valence-electron chi connectivity index (χ3n) is 6.89. The molecule has 1 aliphatic heterocycles. The zero-order valence-corrected chi connectivity index (χ0v) is 21.7. The average molecular weight is 482 g/mol. The number of aryl methyl sites for hydroxylation is 1. The molecule has 0 bridgehead atoms. The fourth-order valence-electron chi connectivity index (χ4n) is 5.04. The topological polar surface area (TPSA) is 64.9 Å². The zero-order chi connectivity index (χ0) is 25.9. The molecule has 1 heterocycles. The summed E-state index contributed by atoms with van der Waals surface area (Å²) in [6.07, 6.45) is 5.03. The Balaban J connectivity index is 1.64. The molecule has 0 saturated heterocycles. The van der Waals surface area contributed by atoms with Crippen molar-refractivity contribution in [3.8, 4) is 0 Å². The maximum Gasteiger partial charge on any atom is 0.281 e. The van der Waals surface area contributed by atoms with Crippen molar-refractivity contribution in [2.75, 3.05) is 11.4 Å². The smallest absolute Gasteiger partial charge is 0.281 e. The van der Waals surface area contributed by atoms with Crippen LogP contribution in [0.5, 0.6) is 0 Å². The van der Waals surface area contributed by atoms with Crippen LogP contribution in [0.4, 0.5) is 5.69 Å². The second-order valence-electron chi connectivity index (χ2n) is 10.0. The first kappa shape index (κ1) is 25.4. The number of rotatable bonds is 7. The van der Waals surface area contributed by atoms with Gasteiger partial charge in [-0.05, 0) is 74.1 Å². The van der Waals surface area contributed by atoms with Crippen molar-refractivity contribution in [2.24, 2.45) is 5.10 Å². The predicted octanol–water partition coefficient (Wildman–Crippen LogP) is 5.79. The third kappa shape index (κ3) is 4.71. The number of carbonyl (C=O) groups is 1. The zero-order valence-electron chi connectivity index (χ0n) is 21.7. The molecule has 5 heteroatoms. The van der Waals surface area contributed by atoms with Crippen LogP contribution in [0.1, 0.15) is 61.9 Å². The Morgan fingerprint density at radius 3 is 2.17 bits per heavy atom. The van der Waals surface area contributed by atoms with Crippen molar-refractivity contribution in [3.05, 3.63) is 107 Å². The SMILES string of the molecule is CCCN1c2cc(C)c(/C=N\NC(=O)C(O)(c3ccccc3)c3ccccc3)cc2C(C)=CC1(C)C. The highest BCUT2D eigenvalue weighted by atomic mass is 16.3. The molecule has 3 aromatic rings. The van der Waals surface area contributed by atoms with E-state index in [1.807, 2.05) is 12.1 Å². The minimum atomic E-state index is -1.86. The largest absolute Gasteiger partial charge is 0.372 e. The van der Waals surface area contributed by atoms with Crippen molar-refractivity contribution in [1.29, 1.82) is 0 Å². The van der Waals surface area contributed by atoms with E-state index in [-0.39, 0.29) is 5.54 Å². The van der Waals surface area contributed by atoms with Crippen LogP contribution in [0.2, 0.25) is 0 Å². The number of amides is 1. The van der Waals surface area contributed by atoms with E-state index in [1.54, 1.807) is 54.7 Å². The van der Waals surface area contributed by atoms with Gasteiger partial charge >= 0.3 is 0 Å². The molecular formula is C31H35N3O2. The van der Waals surface area contributed by atoms with E-state index in [1.165, 1.54) is 16.8 Å². The maximum absolute atomic E-state index is 13.3. The van der Waals surface area contributed by atoms with Gasteiger partial charge in [-0.25, -0.2) is 5.43 Å². The Morgan fingerprint density at radius 2 is 1.61 bits per heavy atom. The van der Waals surface area contributed by atoms with Crippen molar-refractivity contribution >= 4 is 23.4 Å². The normalized spacial score (nSPS) is 14.9. The number of fused-ring (bicyclic) bond motifs is 1. The number of allylic oxidation sites excluding steroid dienone is 1. The van der Waals surface area contributed by atoms with Gasteiger partial charge in [-0.3, -0.25) is 4.79 Å². The van der Waals surface area contributed by atoms with E-state index in [0.717, 1.165) is 24.1 Å². The number of anilines is 1. The lowest BCUT2D eigenvalue weighted by Crippen LogP contribution is -2.45. The molecule has 5 nitrogen and oxygen atoms in total. The number of carbonyl (C=O) groups excluding carboxylic acids is 1. The first-order valence-electron chi connectivity index (χ1n) is 12.5. The molecule has 0 unspecified atom stereocenters. The number of nitrogens with zero attached hydrogens (tertiary/aromatic N) is 2. The molecular weight excluding hydrogens is 446 g/mol. The average Bonchev–Trinajstić information content (AvgIpc) is 2.87. The van der Waals surface area contributed by atoms with Gasteiger partial charge in [0.25, 0.3) is 5.91 Å². The van der Waals surface area contributed by atoms with Crippen LogP contribution in [0, 0.1) is 6.92 Å². The number of benzene rings is 3. The lowest BCUT2D eigenvalue weighted by Gasteiger charge is -2.43. The molecule has 0 aliphatic carbocycles. The van der Waals surface area contributed by atoms with E-state index in [4.69, 9.17) is 0 Å². The number of nitrogens with one attached hydrogen (secondary N) is 1. The summed E-state index contributed by atoms with van der Waals surface area (Å²) in [5.74, 6) is -0.612. The number of hydrogen-bond acceptors (Lipinski definition) is 4. The van der Waals surface area contributed by atoms with Crippen LogP contribution in [-0.4, -0.2) is 29.3 Å². The summed E-state index contributed by atoms with van der Waals surface area (Å²) in [5.41, 5.74) is 7.24. The first-order chi connectivity index (χ1) is 17.2. The lowest BCUT2D eigenvalue weighted by molar-refractivity contribution is -0.136. The summed E-state index contributed by atoms with van der Waals surface area (Å²) in [7, 11) is 0. The van der Waals surface area contributed by atoms with E-state index in [0.29, 0.717) is 11.1 Å². The van der Waals surface area contributed by atoms with Gasteiger partial charge in [-0.1, -0.05) is 73.7 Å². The highest BCUT2D eigenvalue weighted by molar-refractivity contribution is 5.93. The van der Waals surface area contributed by atoms with Crippen LogP contribution in [-0.2, 0) is 10.4 Å². The molecule has 0 saturated carbocycles. The second kappa shape index (κ2) is 10.1. The molecule has 3 aromatic carbocycles. The van der Waals surface area contributed by atoms with Gasteiger partial charge in [0, 0.05) is 17.8 Å². The first-order valence-corrected chi connectivity index (χ1v) is 12.5. The highest BCUT2D eigenvalue weighted by Crippen LogP contribution is 2.40. The van der Waals surface area contributed by atoms with Crippen LogP contribution in [0.25, 0.3) is 5.57 Å². The van der Waals surface area contributed by atoms with Crippen LogP contribution < -0.4 is 10.3 Å². The summed E-state index contributed by atoms with van der Waals surface area (Å²) >= 11 is 0. The van der Waals surface area contributed by atoms with Gasteiger partial charge in [-0.2, -0.15) is 5.10 Å². The van der Waals surface area contributed by atoms with E-state index in [9.17, 15) is 9.90 Å². The van der Waals surface area contributed by atoms with Crippen molar-refractivity contribution in [1.82, 2.24) is 5.43 Å². The van der Waals surface area contributed by atoms with Crippen molar-refractivity contribution in [2.45, 2.75) is 52.2 Å². The van der Waals surface area contributed by atoms with Crippen LogP contribution in [0.15, 0.2) is 84.0 Å². The molecule has 186 valence electrons. The molecule has 36 heavy (non-hydrogen) atoms. The summed E-state index contributed by atoms with van der Waals surface area (Å²) in [4.78, 5) is 15.8. The molecule has 0 spiro atoms. The monoisotopic (exact) mass is 481 g/mol. The Bertz CT molecular complexity index is 1250. The quantitative estimate of drug-likeness (QED) is 0.331. The maximum atomic E-state index is 13.3. The number of hydrogen-bond donors (Lipinski definition) is 2. The number of hydrazone groups is 1. The standard InChI is InChI=1S/C31H35N3O2/c1-6-17-34-28-18-22(2)24(19-27(28)23(3)20-30(34,4)5)21-32-33-29(35)31(36,25-13-9-7-10-14-25)26-15-11-8-12-16-26/h7-16,18-21,36H,6,17H2,1-5H3,(H,33,35)/b32-21-. The molecule has 2 N–H and O–H groups in total. The van der Waals surface area contributed by atoms with Gasteiger partial charge in [0.15, 0.2) is 5.60 Å². The fraction of sp³-hybridized carbons (Fsp3) is 0.290. The fourth-order valence-corrected chi connectivity index (χ4v) is 5.04. The van der Waals surface area contributed by atoms with E-state index < -0.39 is 11.5 Å². The lowest BCUT2D eigenvalue weighted by atomic mass is 9.85. The molecule has 0 radical (unpaired) electrons. The van der Waals surface area contributed by atoms with E-state index >= 15 is 0 Å². The Labute approximate surface area is 214 Å². The minimum absolute atomic E-state index is 0.0531. The van der Waals surface area contributed by atoms with Crippen molar-refractivity contribution in [3.63, 3.8) is 0 Å². The third-order valence-corrected chi connectivity index (χ3v) is 6.89. The summed E-state index contributed by atoms with van der Waals surface area (Å²) < 4.78 is 0. The van der Waals surface area contributed by atoms with Gasteiger partial charge in [0.05, 0.1) is 11.8 Å². The van der Waals surface area contributed by atoms with Crippen LogP contribution >= 0.6 is 0 Å². The summed E-state index contributed by atoms with van der Waals surface area (Å²) in [6, 6.07) is 22.2. The molecule has 1 amide bonds. The van der Waals surface area contributed by atoms with E-state index in [2.05, 4.69) is 68.3 Å². The van der Waals surface area contributed by atoms with Crippen LogP contribution in [0.3, 0.4) is 0 Å². The van der Waals surface area contributed by atoms with Crippen molar-refractivity contribution < 1.29 is 9.90 Å². The highest BCUT2D eigenvalue weighted by Gasteiger charge is 2.40. The Kier molecular flexibility index (Phi) is 7.14. The second-order valence-corrected chi connectivity index (χ2v) is 10.0. The van der Waals surface area contributed by atoms with Gasteiger partial charge < -0.3 is 10.0 Å².